The first-order chi connectivity index (χ1) is 11.9. The second kappa shape index (κ2) is 8.37. The van der Waals surface area contributed by atoms with E-state index in [1.807, 2.05) is 6.07 Å². The van der Waals surface area contributed by atoms with Gasteiger partial charge in [0, 0.05) is 37.6 Å². The molecule has 1 aromatic carbocycles. The quantitative estimate of drug-likeness (QED) is 0.812. The molecule has 0 spiro atoms. The number of amides is 1. The van der Waals surface area contributed by atoms with E-state index in [-0.39, 0.29) is 25.4 Å². The highest BCUT2D eigenvalue weighted by Crippen LogP contribution is 2.11. The van der Waals surface area contributed by atoms with Crippen molar-refractivity contribution in [2.24, 2.45) is 0 Å². The number of hydrogen-bond acceptors (Lipinski definition) is 5. The Morgan fingerprint density at radius 2 is 1.84 bits per heavy atom. The highest BCUT2D eigenvalue weighted by Gasteiger charge is 2.18. The lowest BCUT2D eigenvalue weighted by Gasteiger charge is -2.19. The molecule has 1 heterocycles. The lowest BCUT2D eigenvalue weighted by molar-refractivity contribution is -0.116. The first kappa shape index (κ1) is 18.6. The van der Waals surface area contributed by atoms with Crippen molar-refractivity contribution in [2.75, 3.05) is 18.1 Å². The number of carbonyl (C=O) groups is 1. The highest BCUT2D eigenvalue weighted by atomic mass is 32.2. The minimum absolute atomic E-state index is 0.0259. The summed E-state index contributed by atoms with van der Waals surface area (Å²) < 4.78 is 25.1. The van der Waals surface area contributed by atoms with Crippen LogP contribution in [0.25, 0.3) is 0 Å². The molecule has 0 atom stereocenters. The van der Waals surface area contributed by atoms with Crippen LogP contribution in [-0.4, -0.2) is 36.4 Å². The molecule has 8 heteroatoms. The van der Waals surface area contributed by atoms with Gasteiger partial charge in [-0.2, -0.15) is 9.57 Å². The number of carbonyl (C=O) groups excluding carboxylic acids is 1. The Labute approximate surface area is 147 Å². The zero-order chi connectivity index (χ0) is 18.3. The van der Waals surface area contributed by atoms with Gasteiger partial charge < -0.3 is 5.32 Å². The SMILES string of the molecule is CS(=O)(=O)N(CCC(=O)Nc1ccc(C#N)cc1)Cc1ccncc1. The van der Waals surface area contributed by atoms with Gasteiger partial charge in [-0.25, -0.2) is 8.42 Å². The number of nitrogens with zero attached hydrogens (tertiary/aromatic N) is 3. The van der Waals surface area contributed by atoms with Crippen LogP contribution in [0.3, 0.4) is 0 Å². The van der Waals surface area contributed by atoms with Gasteiger partial charge >= 0.3 is 0 Å². The fourth-order valence-corrected chi connectivity index (χ4v) is 2.94. The summed E-state index contributed by atoms with van der Waals surface area (Å²) in [6.07, 6.45) is 4.33. The molecule has 7 nitrogen and oxygen atoms in total. The number of hydrogen-bond donors (Lipinski definition) is 1. The van der Waals surface area contributed by atoms with Crippen molar-refractivity contribution in [2.45, 2.75) is 13.0 Å². The maximum Gasteiger partial charge on any atom is 0.225 e. The summed E-state index contributed by atoms with van der Waals surface area (Å²) in [5, 5.41) is 11.4. The van der Waals surface area contributed by atoms with Crippen molar-refractivity contribution in [1.82, 2.24) is 9.29 Å². The summed E-state index contributed by atoms with van der Waals surface area (Å²) >= 11 is 0. The van der Waals surface area contributed by atoms with E-state index in [1.165, 1.54) is 4.31 Å². The van der Waals surface area contributed by atoms with Crippen LogP contribution in [0.1, 0.15) is 17.5 Å². The van der Waals surface area contributed by atoms with Gasteiger partial charge in [0.2, 0.25) is 15.9 Å². The third kappa shape index (κ3) is 5.99. The summed E-state index contributed by atoms with van der Waals surface area (Å²) in [4.78, 5) is 15.9. The zero-order valence-corrected chi connectivity index (χ0v) is 14.5. The summed E-state index contributed by atoms with van der Waals surface area (Å²) in [5.41, 5.74) is 1.86. The highest BCUT2D eigenvalue weighted by molar-refractivity contribution is 7.88. The number of aromatic nitrogens is 1. The van der Waals surface area contributed by atoms with Crippen LogP contribution in [0.4, 0.5) is 5.69 Å². The molecule has 0 unspecified atom stereocenters. The predicted octanol–water partition coefficient (Wildman–Crippen LogP) is 1.74. The number of nitriles is 1. The van der Waals surface area contributed by atoms with E-state index in [1.54, 1.807) is 48.8 Å². The number of rotatable bonds is 7. The molecule has 25 heavy (non-hydrogen) atoms. The number of anilines is 1. The standard InChI is InChI=1S/C17H18N4O3S/c1-25(23,24)21(13-15-6-9-19-10-7-15)11-8-17(22)20-16-4-2-14(12-18)3-5-16/h2-7,9-10H,8,11,13H2,1H3,(H,20,22). The number of benzene rings is 1. The molecule has 0 aliphatic carbocycles. The van der Waals surface area contributed by atoms with Gasteiger partial charge in [-0.15, -0.1) is 0 Å². The maximum atomic E-state index is 12.0. The van der Waals surface area contributed by atoms with Crippen molar-refractivity contribution in [3.63, 3.8) is 0 Å². The predicted molar refractivity (Wildman–Crippen MR) is 93.9 cm³/mol. The third-order valence-electron chi connectivity index (χ3n) is 3.46. The van der Waals surface area contributed by atoms with Gasteiger partial charge in [0.25, 0.3) is 0 Å². The van der Waals surface area contributed by atoms with E-state index in [9.17, 15) is 13.2 Å². The molecule has 2 aromatic rings. The van der Waals surface area contributed by atoms with Crippen molar-refractivity contribution in [3.05, 3.63) is 59.9 Å². The third-order valence-corrected chi connectivity index (χ3v) is 4.71. The zero-order valence-electron chi connectivity index (χ0n) is 13.7. The van der Waals surface area contributed by atoms with Crippen LogP contribution in [0, 0.1) is 11.3 Å². The number of pyridine rings is 1. The van der Waals surface area contributed by atoms with Crippen LogP contribution in [0.15, 0.2) is 48.8 Å². The van der Waals surface area contributed by atoms with Crippen molar-refractivity contribution in [1.29, 1.82) is 5.26 Å². The number of sulfonamides is 1. The van der Waals surface area contributed by atoms with E-state index in [0.29, 0.717) is 11.3 Å². The smallest absolute Gasteiger partial charge is 0.225 e. The Balaban J connectivity index is 1.95. The van der Waals surface area contributed by atoms with Crippen molar-refractivity contribution < 1.29 is 13.2 Å². The fraction of sp³-hybridized carbons (Fsp3) is 0.235. The summed E-state index contributed by atoms with van der Waals surface area (Å²) in [6, 6.07) is 11.9. The molecule has 0 saturated heterocycles. The summed E-state index contributed by atoms with van der Waals surface area (Å²) in [7, 11) is -3.44. The van der Waals surface area contributed by atoms with E-state index >= 15 is 0 Å². The molecule has 0 bridgehead atoms. The second-order valence-electron chi connectivity index (χ2n) is 5.44. The molecule has 0 aliphatic rings. The Morgan fingerprint density at radius 1 is 1.20 bits per heavy atom. The summed E-state index contributed by atoms with van der Waals surface area (Å²) in [6.45, 7) is 0.259. The fourth-order valence-electron chi connectivity index (χ4n) is 2.13. The molecule has 1 N–H and O–H groups in total. The van der Waals surface area contributed by atoms with Gasteiger partial charge in [0.15, 0.2) is 0 Å². The Bertz CT molecular complexity index is 859. The molecular weight excluding hydrogens is 340 g/mol. The average Bonchev–Trinajstić information content (AvgIpc) is 2.59. The molecule has 0 aliphatic heterocycles. The average molecular weight is 358 g/mol. The molecule has 0 radical (unpaired) electrons. The van der Waals surface area contributed by atoms with Crippen LogP contribution in [-0.2, 0) is 21.4 Å². The van der Waals surface area contributed by atoms with Crippen molar-refractivity contribution >= 4 is 21.6 Å². The van der Waals surface area contributed by atoms with E-state index in [2.05, 4.69) is 10.3 Å². The van der Waals surface area contributed by atoms with Crippen molar-refractivity contribution in [3.8, 4) is 6.07 Å². The van der Waals surface area contributed by atoms with E-state index in [4.69, 9.17) is 5.26 Å². The molecule has 0 fully saturated rings. The minimum Gasteiger partial charge on any atom is -0.326 e. The first-order valence-corrected chi connectivity index (χ1v) is 9.37. The molecule has 1 amide bonds. The minimum atomic E-state index is -3.44. The van der Waals surface area contributed by atoms with Gasteiger partial charge in [-0.1, -0.05) is 0 Å². The first-order valence-electron chi connectivity index (χ1n) is 7.52. The van der Waals surface area contributed by atoms with Gasteiger partial charge in [-0.3, -0.25) is 9.78 Å². The molecule has 130 valence electrons. The Kier molecular flexibility index (Phi) is 6.22. The largest absolute Gasteiger partial charge is 0.326 e. The Morgan fingerprint density at radius 3 is 2.40 bits per heavy atom. The van der Waals surface area contributed by atoms with Crippen LogP contribution < -0.4 is 5.32 Å². The van der Waals surface area contributed by atoms with Crippen LogP contribution >= 0.6 is 0 Å². The molecular formula is C17H18N4O3S. The van der Waals surface area contributed by atoms with E-state index < -0.39 is 10.0 Å². The molecule has 0 saturated carbocycles. The lowest BCUT2D eigenvalue weighted by Crippen LogP contribution is -2.32. The Hall–Kier alpha value is -2.76. The number of nitrogens with one attached hydrogen (secondary N) is 1. The van der Waals surface area contributed by atoms with Crippen LogP contribution in [0.2, 0.25) is 0 Å². The molecule has 2 rings (SSSR count). The lowest BCUT2D eigenvalue weighted by atomic mass is 10.2. The van der Waals surface area contributed by atoms with Gasteiger partial charge in [0.05, 0.1) is 17.9 Å². The normalized spacial score (nSPS) is 11.1. The maximum absolute atomic E-state index is 12.0. The van der Waals surface area contributed by atoms with Gasteiger partial charge in [0.1, 0.15) is 0 Å². The molecule has 1 aromatic heterocycles. The van der Waals surface area contributed by atoms with Crippen LogP contribution in [0.5, 0.6) is 0 Å². The topological polar surface area (TPSA) is 103 Å². The van der Waals surface area contributed by atoms with Gasteiger partial charge in [-0.05, 0) is 42.0 Å². The second-order valence-corrected chi connectivity index (χ2v) is 7.42. The monoisotopic (exact) mass is 358 g/mol. The summed E-state index contributed by atoms with van der Waals surface area (Å²) in [5.74, 6) is -0.298. The van der Waals surface area contributed by atoms with E-state index in [0.717, 1.165) is 11.8 Å².